The van der Waals surface area contributed by atoms with Gasteiger partial charge in [-0.2, -0.15) is 5.26 Å². The van der Waals surface area contributed by atoms with Gasteiger partial charge in [-0.05, 0) is 32.4 Å². The summed E-state index contributed by atoms with van der Waals surface area (Å²) >= 11 is 0. The first-order chi connectivity index (χ1) is 11.1. The van der Waals surface area contributed by atoms with E-state index in [0.29, 0.717) is 17.8 Å². The first-order valence-electron chi connectivity index (χ1n) is 7.87. The van der Waals surface area contributed by atoms with Crippen molar-refractivity contribution in [3.05, 3.63) is 41.5 Å². The van der Waals surface area contributed by atoms with E-state index >= 15 is 0 Å². The average molecular weight is 306 g/mol. The zero-order valence-corrected chi connectivity index (χ0v) is 13.3. The monoisotopic (exact) mass is 306 g/mol. The molecular formula is C17H18N6. The molecule has 116 valence electrons. The molecule has 0 radical (unpaired) electrons. The smallest absolute Gasteiger partial charge is 0.142 e. The highest BCUT2D eigenvalue weighted by Crippen LogP contribution is 2.37. The Kier molecular flexibility index (Phi) is 3.15. The van der Waals surface area contributed by atoms with Gasteiger partial charge in [0.05, 0.1) is 12.1 Å². The number of aromatic nitrogens is 3. The van der Waals surface area contributed by atoms with Crippen molar-refractivity contribution in [2.45, 2.75) is 32.4 Å². The third-order valence-corrected chi connectivity index (χ3v) is 4.58. The van der Waals surface area contributed by atoms with E-state index in [9.17, 15) is 0 Å². The zero-order valence-electron chi connectivity index (χ0n) is 13.3. The fourth-order valence-corrected chi connectivity index (χ4v) is 3.66. The number of piperazine rings is 1. The normalized spacial score (nSPS) is 22.5. The lowest BCUT2D eigenvalue weighted by Gasteiger charge is -2.57. The minimum Gasteiger partial charge on any atom is -0.352 e. The number of piperidine rings is 1. The minimum absolute atomic E-state index is 0.436. The van der Waals surface area contributed by atoms with Crippen molar-refractivity contribution in [3.63, 3.8) is 0 Å². The molecule has 3 aliphatic heterocycles. The van der Waals surface area contributed by atoms with Gasteiger partial charge in [0, 0.05) is 24.8 Å². The lowest BCUT2D eigenvalue weighted by atomic mass is 9.87. The molecule has 23 heavy (non-hydrogen) atoms. The summed E-state index contributed by atoms with van der Waals surface area (Å²) < 4.78 is 0. The Labute approximate surface area is 135 Å². The Balaban J connectivity index is 1.55. The maximum Gasteiger partial charge on any atom is 0.142 e. The van der Waals surface area contributed by atoms with E-state index in [2.05, 4.69) is 36.9 Å². The topological polar surface area (TPSA) is 68.9 Å². The van der Waals surface area contributed by atoms with Crippen molar-refractivity contribution >= 4 is 11.6 Å². The minimum atomic E-state index is 0.436. The summed E-state index contributed by atoms with van der Waals surface area (Å²) in [4.78, 5) is 18.1. The van der Waals surface area contributed by atoms with Crippen molar-refractivity contribution in [2.75, 3.05) is 22.9 Å². The summed E-state index contributed by atoms with van der Waals surface area (Å²) in [6.45, 7) is 5.81. The highest BCUT2D eigenvalue weighted by Gasteiger charge is 2.45. The van der Waals surface area contributed by atoms with E-state index in [1.165, 1.54) is 6.42 Å². The van der Waals surface area contributed by atoms with Crippen LogP contribution in [0.5, 0.6) is 0 Å². The second-order valence-corrected chi connectivity index (χ2v) is 6.26. The Morgan fingerprint density at radius 3 is 2.57 bits per heavy atom. The predicted octanol–water partition coefficient (Wildman–Crippen LogP) is 1.83. The summed E-state index contributed by atoms with van der Waals surface area (Å²) in [5, 5.41) is 9.03. The molecule has 3 fully saturated rings. The van der Waals surface area contributed by atoms with Crippen molar-refractivity contribution in [3.8, 4) is 6.07 Å². The fourth-order valence-electron chi connectivity index (χ4n) is 3.66. The predicted molar refractivity (Wildman–Crippen MR) is 87.3 cm³/mol. The molecule has 2 aromatic heterocycles. The van der Waals surface area contributed by atoms with Gasteiger partial charge in [-0.25, -0.2) is 15.0 Å². The first kappa shape index (κ1) is 13.9. The molecule has 2 bridgehead atoms. The van der Waals surface area contributed by atoms with Crippen LogP contribution in [0.4, 0.5) is 11.6 Å². The number of fused-ring (bicyclic) bond motifs is 2. The van der Waals surface area contributed by atoms with Crippen LogP contribution >= 0.6 is 0 Å². The molecule has 6 nitrogen and oxygen atoms in total. The number of rotatable bonds is 2. The number of aryl methyl sites for hydroxylation is 2. The number of pyridine rings is 1. The largest absolute Gasteiger partial charge is 0.352 e. The van der Waals surface area contributed by atoms with Crippen LogP contribution in [0.2, 0.25) is 0 Å². The summed E-state index contributed by atoms with van der Waals surface area (Å²) in [6, 6.07) is 10.7. The summed E-state index contributed by atoms with van der Waals surface area (Å²) in [7, 11) is 0. The average Bonchev–Trinajstić information content (AvgIpc) is 2.54. The third kappa shape index (κ3) is 2.38. The number of nitrogens with zero attached hydrogens (tertiary/aromatic N) is 6. The number of anilines is 2. The van der Waals surface area contributed by atoms with Crippen LogP contribution in [0, 0.1) is 25.2 Å². The fraction of sp³-hybridized carbons (Fsp3) is 0.412. The molecule has 0 spiro atoms. The van der Waals surface area contributed by atoms with Crippen LogP contribution in [-0.4, -0.2) is 40.1 Å². The van der Waals surface area contributed by atoms with Crippen LogP contribution in [-0.2, 0) is 0 Å². The molecule has 0 N–H and O–H groups in total. The van der Waals surface area contributed by atoms with E-state index in [0.717, 1.165) is 36.2 Å². The number of nitriles is 1. The molecule has 5 heterocycles. The Hall–Kier alpha value is -2.68. The highest BCUT2D eigenvalue weighted by molar-refractivity contribution is 5.53. The first-order valence-corrected chi connectivity index (χ1v) is 7.87. The standard InChI is InChI=1S/C17H18N6/c1-11-6-17(20-12(2)19-11)22-9-14-7-15(10-22)23(14)16-5-3-4-13(8-18)21-16/h3-6,14-15H,7,9-10H2,1-2H3. The third-order valence-electron chi connectivity index (χ3n) is 4.58. The van der Waals surface area contributed by atoms with E-state index in [-0.39, 0.29) is 0 Å². The molecule has 0 aromatic carbocycles. The maximum atomic E-state index is 9.03. The molecule has 2 atom stereocenters. The quantitative estimate of drug-likeness (QED) is 0.843. The molecule has 0 amide bonds. The van der Waals surface area contributed by atoms with Crippen molar-refractivity contribution in [1.29, 1.82) is 5.26 Å². The molecule has 5 rings (SSSR count). The lowest BCUT2D eigenvalue weighted by molar-refractivity contribution is 0.288. The van der Waals surface area contributed by atoms with Crippen LogP contribution in [0.15, 0.2) is 24.3 Å². The van der Waals surface area contributed by atoms with Crippen LogP contribution in [0.25, 0.3) is 0 Å². The summed E-state index contributed by atoms with van der Waals surface area (Å²) in [6.07, 6.45) is 1.18. The maximum absolute atomic E-state index is 9.03. The van der Waals surface area contributed by atoms with Crippen molar-refractivity contribution in [1.82, 2.24) is 15.0 Å². The lowest BCUT2D eigenvalue weighted by Crippen LogP contribution is -2.69. The van der Waals surface area contributed by atoms with Crippen LogP contribution in [0.1, 0.15) is 23.6 Å². The van der Waals surface area contributed by atoms with Gasteiger partial charge in [0.1, 0.15) is 29.2 Å². The molecule has 2 aromatic rings. The van der Waals surface area contributed by atoms with Gasteiger partial charge < -0.3 is 9.80 Å². The van der Waals surface area contributed by atoms with E-state index in [1.807, 2.05) is 26.0 Å². The van der Waals surface area contributed by atoms with Gasteiger partial charge >= 0.3 is 0 Å². The molecule has 2 unspecified atom stereocenters. The van der Waals surface area contributed by atoms with Crippen LogP contribution < -0.4 is 9.80 Å². The van der Waals surface area contributed by atoms with Gasteiger partial charge in [0.15, 0.2) is 0 Å². The van der Waals surface area contributed by atoms with Gasteiger partial charge in [-0.1, -0.05) is 6.07 Å². The summed E-state index contributed by atoms with van der Waals surface area (Å²) in [5.41, 5.74) is 1.48. The Bertz CT molecular complexity index is 764. The number of hydrogen-bond donors (Lipinski definition) is 0. The highest BCUT2D eigenvalue weighted by atomic mass is 15.4. The second-order valence-electron chi connectivity index (χ2n) is 6.26. The number of hydrogen-bond acceptors (Lipinski definition) is 6. The zero-order chi connectivity index (χ0) is 16.0. The Morgan fingerprint density at radius 1 is 1.09 bits per heavy atom. The molecule has 0 saturated carbocycles. The Morgan fingerprint density at radius 2 is 1.87 bits per heavy atom. The molecule has 3 saturated heterocycles. The van der Waals surface area contributed by atoms with E-state index in [1.54, 1.807) is 6.07 Å². The van der Waals surface area contributed by atoms with Gasteiger partial charge in [0.25, 0.3) is 0 Å². The second kappa shape index (κ2) is 5.20. The summed E-state index contributed by atoms with van der Waals surface area (Å²) in [5.74, 6) is 2.75. The van der Waals surface area contributed by atoms with Gasteiger partial charge in [-0.15, -0.1) is 0 Å². The molecule has 3 aliphatic rings. The SMILES string of the molecule is Cc1cc(N2CC3CC(C2)N3c2cccc(C#N)n2)nc(C)n1. The van der Waals surface area contributed by atoms with E-state index in [4.69, 9.17) is 5.26 Å². The van der Waals surface area contributed by atoms with Gasteiger partial charge in [-0.3, -0.25) is 0 Å². The van der Waals surface area contributed by atoms with E-state index < -0.39 is 0 Å². The van der Waals surface area contributed by atoms with Crippen LogP contribution in [0.3, 0.4) is 0 Å². The van der Waals surface area contributed by atoms with Crippen molar-refractivity contribution < 1.29 is 0 Å². The van der Waals surface area contributed by atoms with Gasteiger partial charge in [0.2, 0.25) is 0 Å². The molecule has 0 aliphatic carbocycles. The van der Waals surface area contributed by atoms with Crippen molar-refractivity contribution in [2.24, 2.45) is 0 Å². The molecular weight excluding hydrogens is 288 g/mol. The molecule has 6 heteroatoms.